The maximum Gasteiger partial charge on any atom is 0.240 e. The Morgan fingerprint density at radius 2 is 0.951 bits per heavy atom. The average Bonchev–Trinajstić information content (AvgIpc) is 3.99. The molecule has 2 N–H and O–H groups in total. The van der Waals surface area contributed by atoms with E-state index in [0.29, 0.717) is 43.5 Å². The Labute approximate surface area is 396 Å². The molecule has 0 bridgehead atoms. The lowest BCUT2D eigenvalue weighted by Gasteiger charge is -2.24. The largest absolute Gasteiger partial charge is 0.368 e. The summed E-state index contributed by atoms with van der Waals surface area (Å²) in [6, 6.07) is -4.32. The van der Waals surface area contributed by atoms with Crippen molar-refractivity contribution < 1.29 is 64.4 Å². The molecule has 13 nitrogen and oxygen atoms in total. The molecule has 4 rings (SSSR count). The molecule has 0 saturated carbocycles. The van der Waals surface area contributed by atoms with Gasteiger partial charge >= 0.3 is 0 Å². The molecular formula is C48H87N5O8. The van der Waals surface area contributed by atoms with Gasteiger partial charge in [-0.3, -0.25) is 38.4 Å². The van der Waals surface area contributed by atoms with Gasteiger partial charge in [-0.1, -0.05) is 88.3 Å². The van der Waals surface area contributed by atoms with Gasteiger partial charge in [0.2, 0.25) is 29.5 Å². The summed E-state index contributed by atoms with van der Waals surface area (Å²) in [5.74, 6) is -8.32. The SMILES string of the molecule is C.[2H]C([2H])(C)C([2H])([2H])[C@@H]1CC(=O)N([C@@H](CC)C(C)=O)C1.[2H]C([2H])(C)C([2H])([2H])[C@]1([2H])CC(=O)N([C@@H](CC)C(C)=O)C1.[2H]C([2H])(C)C([2H])([2H])[C@]1([2H])CC(=O)N([C@]([2H])(C(C)=O)C([2H])([2H])C)C1.[2H]C([2H])(C)C[C@@H]1CC(=O)N([C@@H](CC)C(N)=O)C1. The van der Waals surface area contributed by atoms with Crippen LogP contribution in [0.15, 0.2) is 0 Å². The van der Waals surface area contributed by atoms with Crippen molar-refractivity contribution in [3.8, 4) is 0 Å². The fourth-order valence-electron chi connectivity index (χ4n) is 7.66. The van der Waals surface area contributed by atoms with E-state index < -0.39 is 136 Å². The number of carbonyl (C=O) groups is 8. The molecule has 4 heterocycles. The molecule has 0 aliphatic carbocycles. The van der Waals surface area contributed by atoms with Crippen LogP contribution < -0.4 is 5.73 Å². The van der Waals surface area contributed by atoms with Crippen LogP contribution in [0, 0.1) is 23.6 Å². The first-order valence-corrected chi connectivity index (χ1v) is 20.6. The Hall–Kier alpha value is -3.64. The van der Waals surface area contributed by atoms with Crippen LogP contribution in [-0.2, 0) is 38.4 Å². The van der Waals surface area contributed by atoms with Crippen molar-refractivity contribution in [3.63, 3.8) is 0 Å². The highest BCUT2D eigenvalue weighted by molar-refractivity contribution is 5.90. The molecule has 352 valence electrons. The molecular weight excluding hydrogens is 775 g/mol. The van der Waals surface area contributed by atoms with Crippen molar-refractivity contribution in [2.75, 3.05) is 26.2 Å². The minimum atomic E-state index is -2.73. The van der Waals surface area contributed by atoms with Crippen LogP contribution >= 0.6 is 0 Å². The number of primary amides is 1. The van der Waals surface area contributed by atoms with Crippen LogP contribution in [0.4, 0.5) is 0 Å². The van der Waals surface area contributed by atoms with Gasteiger partial charge in [-0.2, -0.15) is 0 Å². The number of Topliss-reactive ketones (excluding diaryl/α,β-unsaturated/α-hetero) is 3. The van der Waals surface area contributed by atoms with E-state index in [0.717, 1.165) is 27.7 Å². The second kappa shape index (κ2) is 29.6. The van der Waals surface area contributed by atoms with Crippen molar-refractivity contribution >= 4 is 46.9 Å². The van der Waals surface area contributed by atoms with Gasteiger partial charge in [0.25, 0.3) is 0 Å². The van der Waals surface area contributed by atoms with Crippen LogP contribution in [0.5, 0.6) is 0 Å². The Bertz CT molecular complexity index is 2250. The van der Waals surface area contributed by atoms with Crippen LogP contribution in [0.25, 0.3) is 0 Å². The van der Waals surface area contributed by atoms with Crippen molar-refractivity contribution in [1.82, 2.24) is 19.6 Å². The Morgan fingerprint density at radius 1 is 0.574 bits per heavy atom. The molecule has 4 aliphatic rings. The third kappa shape index (κ3) is 17.9. The van der Waals surface area contributed by atoms with Crippen molar-refractivity contribution in [2.45, 2.75) is 210 Å². The zero-order valence-electron chi connectivity index (χ0n) is 56.5. The van der Waals surface area contributed by atoms with Gasteiger partial charge in [0.15, 0.2) is 17.3 Å². The summed E-state index contributed by atoms with van der Waals surface area (Å²) in [6.45, 7) is 14.3. The Balaban J connectivity index is 0.00000104. The highest BCUT2D eigenvalue weighted by Gasteiger charge is 2.38. The molecule has 61 heavy (non-hydrogen) atoms. The summed E-state index contributed by atoms with van der Waals surface area (Å²) in [7, 11) is 0. The molecule has 4 fully saturated rings. The third-order valence-electron chi connectivity index (χ3n) is 10.3. The smallest absolute Gasteiger partial charge is 0.240 e. The van der Waals surface area contributed by atoms with Crippen LogP contribution in [0.3, 0.4) is 0 Å². The molecule has 0 aromatic rings. The lowest BCUT2D eigenvalue weighted by molar-refractivity contribution is -0.136. The van der Waals surface area contributed by atoms with Crippen molar-refractivity contribution in [3.05, 3.63) is 0 Å². The first-order valence-electron chi connectivity index (χ1n) is 30.1. The minimum absolute atomic E-state index is 0. The second-order valence-electron chi connectivity index (χ2n) is 14.9. The van der Waals surface area contributed by atoms with Crippen molar-refractivity contribution in [1.29, 1.82) is 0 Å². The van der Waals surface area contributed by atoms with E-state index in [1.54, 1.807) is 13.8 Å². The molecule has 0 spiro atoms. The van der Waals surface area contributed by atoms with Gasteiger partial charge in [0.1, 0.15) is 6.04 Å². The maximum absolute atomic E-state index is 12.2. The zero-order valence-corrected chi connectivity index (χ0v) is 37.5. The van der Waals surface area contributed by atoms with E-state index in [-0.39, 0.29) is 56.2 Å². The summed E-state index contributed by atoms with van der Waals surface area (Å²) in [6.07, 6.45) is -16.8. The molecule has 0 aromatic carbocycles. The minimum Gasteiger partial charge on any atom is -0.368 e. The third-order valence-corrected chi connectivity index (χ3v) is 10.3. The standard InChI is InChI=1S/3C12H21NO2.C11H20N2O2.CH4/c3*1-4-6-10-7-12(15)13(8-10)11(5-2)9(3)14;1-3-5-8-6-10(14)13(7-8)9(4-2)11(12)15;/h3*10-11H,4-8H2,1-3H3;8-9H,3-7H2,1-2H3,(H2,12,15);1H4/t3*10-,11+;8-,9+;/m1111./s1/i4D2,5D2,6D2,10D,11D;4D2,6D2,10D;4D2,6D2;3D2;. The normalized spacial score (nSPS) is 32.3. The summed E-state index contributed by atoms with van der Waals surface area (Å²) < 4.78 is 148. The summed E-state index contributed by atoms with van der Waals surface area (Å²) in [5, 5.41) is 0. The van der Waals surface area contributed by atoms with Crippen LogP contribution in [0.2, 0.25) is 0 Å². The van der Waals surface area contributed by atoms with Gasteiger partial charge in [-0.05, 0) is 95.6 Å². The van der Waals surface area contributed by atoms with Gasteiger partial charge in [0.05, 0.1) is 19.5 Å². The molecule has 4 saturated heterocycles. The first kappa shape index (κ1) is 32.1. The highest BCUT2D eigenvalue weighted by Crippen LogP contribution is 2.28. The van der Waals surface area contributed by atoms with E-state index in [2.05, 4.69) is 0 Å². The van der Waals surface area contributed by atoms with E-state index in [4.69, 9.17) is 31.8 Å². The second-order valence-corrected chi connectivity index (χ2v) is 14.9. The van der Waals surface area contributed by atoms with Crippen LogP contribution in [0.1, 0.15) is 212 Å². The number of ketones is 3. The fraction of sp³-hybridized carbons (Fsp3) is 0.833. The predicted octanol–water partition coefficient (Wildman–Crippen LogP) is 7.54. The topological polar surface area (TPSA) is 176 Å². The number of hydrogen-bond acceptors (Lipinski definition) is 8. The monoisotopic (exact) mass is 881 g/mol. The lowest BCUT2D eigenvalue weighted by atomic mass is 10.0. The Kier molecular flexibility index (Phi) is 15.6. The van der Waals surface area contributed by atoms with E-state index >= 15 is 0 Å². The molecule has 0 aromatic heterocycles. The average molecular weight is 881 g/mol. The maximum atomic E-state index is 12.2. The number of carbonyl (C=O) groups excluding carboxylic acids is 8. The first-order chi connectivity index (χ1) is 35.0. The zero-order chi connectivity index (χ0) is 62.8. The Morgan fingerprint density at radius 3 is 1.33 bits per heavy atom. The molecule has 8 atom stereocenters. The molecule has 13 heteroatoms. The number of hydrogen-bond donors (Lipinski definition) is 1. The molecule has 4 aliphatic heterocycles. The number of rotatable bonds is 20. The van der Waals surface area contributed by atoms with E-state index in [9.17, 15) is 38.4 Å². The summed E-state index contributed by atoms with van der Waals surface area (Å²) in [5.41, 5.74) is 5.26. The number of likely N-dealkylation sites (tertiary alicyclic amines) is 4. The summed E-state index contributed by atoms with van der Waals surface area (Å²) in [4.78, 5) is 98.8. The van der Waals surface area contributed by atoms with E-state index in [1.807, 2.05) is 6.92 Å². The van der Waals surface area contributed by atoms with Gasteiger partial charge in [-0.15, -0.1) is 0 Å². The molecule has 0 unspecified atom stereocenters. The number of amides is 5. The number of nitrogens with two attached hydrogens (primary N) is 1. The predicted molar refractivity (Wildman–Crippen MR) is 243 cm³/mol. The van der Waals surface area contributed by atoms with Gasteiger partial charge < -0.3 is 25.3 Å². The quantitative estimate of drug-likeness (QED) is 0.131. The van der Waals surface area contributed by atoms with Gasteiger partial charge in [-0.25, -0.2) is 0 Å². The molecule has 5 amide bonds. The van der Waals surface area contributed by atoms with E-state index in [1.165, 1.54) is 42.4 Å². The number of nitrogens with zero attached hydrogens (tertiary/aromatic N) is 4. The van der Waals surface area contributed by atoms with Crippen LogP contribution in [-0.4, -0.2) is 117 Å². The molecule has 0 radical (unpaired) electrons. The fourth-order valence-corrected chi connectivity index (χ4v) is 7.66. The lowest BCUT2D eigenvalue weighted by Crippen LogP contribution is -2.45. The van der Waals surface area contributed by atoms with Gasteiger partial charge in [0, 0.05) is 76.5 Å². The highest BCUT2D eigenvalue weighted by atomic mass is 16.2. The van der Waals surface area contributed by atoms with Crippen molar-refractivity contribution in [2.24, 2.45) is 29.4 Å². The summed E-state index contributed by atoms with van der Waals surface area (Å²) >= 11 is 0.